The SMILES string of the molecule is Cc1nc(C(C)C#N)cc2c(CO)cccc12. The molecular weight excluding hydrogens is 212 g/mol. The fourth-order valence-corrected chi connectivity index (χ4v) is 1.96. The van der Waals surface area contributed by atoms with Crippen LogP contribution in [-0.2, 0) is 6.61 Å². The molecule has 1 atom stereocenters. The van der Waals surface area contributed by atoms with Crippen LogP contribution < -0.4 is 0 Å². The number of fused-ring (bicyclic) bond motifs is 1. The third kappa shape index (κ3) is 2.00. The summed E-state index contributed by atoms with van der Waals surface area (Å²) in [5.41, 5.74) is 2.53. The Morgan fingerprint density at radius 1 is 1.41 bits per heavy atom. The third-order valence-electron chi connectivity index (χ3n) is 2.98. The van der Waals surface area contributed by atoms with Crippen LogP contribution in [0.15, 0.2) is 24.3 Å². The van der Waals surface area contributed by atoms with E-state index in [1.165, 1.54) is 0 Å². The summed E-state index contributed by atoms with van der Waals surface area (Å²) in [5.74, 6) is -0.232. The first-order valence-electron chi connectivity index (χ1n) is 5.57. The Morgan fingerprint density at radius 2 is 2.18 bits per heavy atom. The molecule has 17 heavy (non-hydrogen) atoms. The van der Waals surface area contributed by atoms with Crippen molar-refractivity contribution in [2.45, 2.75) is 26.4 Å². The maximum absolute atomic E-state index is 9.33. The first kappa shape index (κ1) is 11.6. The van der Waals surface area contributed by atoms with Crippen LogP contribution in [0.5, 0.6) is 0 Å². The smallest absolute Gasteiger partial charge is 0.0857 e. The summed E-state index contributed by atoms with van der Waals surface area (Å²) in [6.07, 6.45) is 0. The van der Waals surface area contributed by atoms with Crippen molar-refractivity contribution in [3.05, 3.63) is 41.2 Å². The summed E-state index contributed by atoms with van der Waals surface area (Å²) >= 11 is 0. The summed E-state index contributed by atoms with van der Waals surface area (Å²) in [4.78, 5) is 4.44. The van der Waals surface area contributed by atoms with E-state index in [1.54, 1.807) is 0 Å². The molecule has 2 aromatic rings. The van der Waals surface area contributed by atoms with Gasteiger partial charge in [-0.3, -0.25) is 4.98 Å². The van der Waals surface area contributed by atoms with Gasteiger partial charge < -0.3 is 5.11 Å². The van der Waals surface area contributed by atoms with Crippen LogP contribution in [0.2, 0.25) is 0 Å². The van der Waals surface area contributed by atoms with Crippen LogP contribution in [0, 0.1) is 18.3 Å². The summed E-state index contributed by atoms with van der Waals surface area (Å²) < 4.78 is 0. The van der Waals surface area contributed by atoms with Gasteiger partial charge in [-0.25, -0.2) is 0 Å². The fourth-order valence-electron chi connectivity index (χ4n) is 1.96. The zero-order chi connectivity index (χ0) is 12.4. The molecule has 3 heteroatoms. The lowest BCUT2D eigenvalue weighted by atomic mass is 10.00. The van der Waals surface area contributed by atoms with E-state index < -0.39 is 0 Å². The number of rotatable bonds is 2. The molecule has 0 spiro atoms. The van der Waals surface area contributed by atoms with E-state index in [1.807, 2.05) is 38.1 Å². The number of pyridine rings is 1. The third-order valence-corrected chi connectivity index (χ3v) is 2.98. The van der Waals surface area contributed by atoms with Gasteiger partial charge in [0.15, 0.2) is 0 Å². The molecule has 2 rings (SSSR count). The van der Waals surface area contributed by atoms with Crippen molar-refractivity contribution in [1.82, 2.24) is 4.98 Å². The maximum atomic E-state index is 9.33. The highest BCUT2D eigenvalue weighted by Crippen LogP contribution is 2.25. The molecule has 1 heterocycles. The van der Waals surface area contributed by atoms with Crippen molar-refractivity contribution in [1.29, 1.82) is 5.26 Å². The van der Waals surface area contributed by atoms with E-state index in [2.05, 4.69) is 11.1 Å². The molecule has 0 fully saturated rings. The normalized spacial score (nSPS) is 12.4. The van der Waals surface area contributed by atoms with Gasteiger partial charge in [0, 0.05) is 11.1 Å². The first-order valence-corrected chi connectivity index (χ1v) is 5.57. The van der Waals surface area contributed by atoms with Crippen LogP contribution in [0.25, 0.3) is 10.8 Å². The molecule has 0 amide bonds. The highest BCUT2D eigenvalue weighted by Gasteiger charge is 2.10. The molecule has 0 radical (unpaired) electrons. The van der Waals surface area contributed by atoms with Crippen LogP contribution in [0.3, 0.4) is 0 Å². The molecule has 1 aromatic heterocycles. The van der Waals surface area contributed by atoms with Gasteiger partial charge in [-0.05, 0) is 30.9 Å². The van der Waals surface area contributed by atoms with E-state index in [4.69, 9.17) is 5.26 Å². The lowest BCUT2D eigenvalue weighted by Gasteiger charge is -2.10. The van der Waals surface area contributed by atoms with Gasteiger partial charge in [-0.15, -0.1) is 0 Å². The number of aryl methyl sites for hydroxylation is 1. The molecule has 0 aliphatic heterocycles. The summed E-state index contributed by atoms with van der Waals surface area (Å²) in [6.45, 7) is 3.76. The Bertz CT molecular complexity index is 599. The number of hydrogen-bond acceptors (Lipinski definition) is 3. The molecule has 0 saturated carbocycles. The zero-order valence-corrected chi connectivity index (χ0v) is 9.94. The van der Waals surface area contributed by atoms with E-state index in [9.17, 15) is 5.11 Å². The highest BCUT2D eigenvalue weighted by atomic mass is 16.3. The second-order valence-corrected chi connectivity index (χ2v) is 4.15. The van der Waals surface area contributed by atoms with Gasteiger partial charge in [-0.1, -0.05) is 18.2 Å². The van der Waals surface area contributed by atoms with Gasteiger partial charge in [-0.2, -0.15) is 5.26 Å². The standard InChI is InChI=1S/C14H14N2O/c1-9(7-15)14-6-13-11(8-17)4-3-5-12(13)10(2)16-14/h3-6,9,17H,8H2,1-2H3. The van der Waals surface area contributed by atoms with Gasteiger partial charge in [0.05, 0.1) is 24.3 Å². The largest absolute Gasteiger partial charge is 0.392 e. The second-order valence-electron chi connectivity index (χ2n) is 4.15. The number of aromatic nitrogens is 1. The predicted molar refractivity (Wildman–Crippen MR) is 66.4 cm³/mol. The average Bonchev–Trinajstić information content (AvgIpc) is 2.37. The zero-order valence-electron chi connectivity index (χ0n) is 9.94. The molecule has 3 nitrogen and oxygen atoms in total. The molecule has 86 valence electrons. The molecule has 1 aromatic carbocycles. The first-order chi connectivity index (χ1) is 8.17. The van der Waals surface area contributed by atoms with Gasteiger partial charge >= 0.3 is 0 Å². The molecule has 1 unspecified atom stereocenters. The lowest BCUT2D eigenvalue weighted by Crippen LogP contribution is -1.98. The number of benzene rings is 1. The van der Waals surface area contributed by atoms with Crippen LogP contribution in [0.1, 0.15) is 29.8 Å². The van der Waals surface area contributed by atoms with E-state index >= 15 is 0 Å². The number of hydrogen-bond donors (Lipinski definition) is 1. The predicted octanol–water partition coefficient (Wildman–Crippen LogP) is 2.66. The number of aliphatic hydroxyl groups excluding tert-OH is 1. The van der Waals surface area contributed by atoms with E-state index in [0.29, 0.717) is 0 Å². The van der Waals surface area contributed by atoms with Crippen molar-refractivity contribution in [3.8, 4) is 6.07 Å². The number of aliphatic hydroxyl groups is 1. The minimum absolute atomic E-state index is 0.00116. The van der Waals surface area contributed by atoms with Gasteiger partial charge in [0.25, 0.3) is 0 Å². The number of nitriles is 1. The van der Waals surface area contributed by atoms with Crippen LogP contribution in [0.4, 0.5) is 0 Å². The lowest BCUT2D eigenvalue weighted by molar-refractivity contribution is 0.283. The Balaban J connectivity index is 2.75. The van der Waals surface area contributed by atoms with Crippen molar-refractivity contribution < 1.29 is 5.11 Å². The van der Waals surface area contributed by atoms with Crippen molar-refractivity contribution in [2.24, 2.45) is 0 Å². The molecule has 0 aliphatic carbocycles. The van der Waals surface area contributed by atoms with Crippen molar-refractivity contribution in [3.63, 3.8) is 0 Å². The molecule has 0 aliphatic rings. The topological polar surface area (TPSA) is 56.9 Å². The summed E-state index contributed by atoms with van der Waals surface area (Å²) in [6, 6.07) is 9.88. The van der Waals surface area contributed by atoms with Crippen LogP contribution >= 0.6 is 0 Å². The Hall–Kier alpha value is -1.92. The van der Waals surface area contributed by atoms with Crippen LogP contribution in [-0.4, -0.2) is 10.1 Å². The Morgan fingerprint density at radius 3 is 2.82 bits per heavy atom. The monoisotopic (exact) mass is 226 g/mol. The van der Waals surface area contributed by atoms with Gasteiger partial charge in [0.2, 0.25) is 0 Å². The summed E-state index contributed by atoms with van der Waals surface area (Å²) in [5, 5.41) is 20.3. The fraction of sp³-hybridized carbons (Fsp3) is 0.286. The van der Waals surface area contributed by atoms with E-state index in [-0.39, 0.29) is 12.5 Å². The molecule has 1 N–H and O–H groups in total. The summed E-state index contributed by atoms with van der Waals surface area (Å²) in [7, 11) is 0. The minimum atomic E-state index is -0.232. The van der Waals surface area contributed by atoms with Gasteiger partial charge in [0.1, 0.15) is 0 Å². The highest BCUT2D eigenvalue weighted by molar-refractivity contribution is 5.87. The minimum Gasteiger partial charge on any atom is -0.392 e. The average molecular weight is 226 g/mol. The quantitative estimate of drug-likeness (QED) is 0.856. The molecule has 0 saturated heterocycles. The maximum Gasteiger partial charge on any atom is 0.0857 e. The van der Waals surface area contributed by atoms with E-state index in [0.717, 1.165) is 27.7 Å². The van der Waals surface area contributed by atoms with Crippen molar-refractivity contribution in [2.75, 3.05) is 0 Å². The molecular formula is C14H14N2O. The second kappa shape index (κ2) is 4.52. The Labute approximate surface area is 100 Å². The Kier molecular flexibility index (Phi) is 3.08. The number of nitrogens with zero attached hydrogens (tertiary/aromatic N) is 2. The van der Waals surface area contributed by atoms with Crippen molar-refractivity contribution >= 4 is 10.8 Å². The molecule has 0 bridgehead atoms.